The van der Waals surface area contributed by atoms with Gasteiger partial charge in [-0.1, -0.05) is 25.7 Å². The van der Waals surface area contributed by atoms with E-state index in [-0.39, 0.29) is 29.6 Å². The van der Waals surface area contributed by atoms with Crippen molar-refractivity contribution in [3.8, 4) is 5.92 Å². The van der Waals surface area contributed by atoms with Gasteiger partial charge in [0, 0.05) is 6.42 Å². The molecule has 0 unspecified atom stereocenters. The maximum absolute atomic E-state index is 6.53. The van der Waals surface area contributed by atoms with E-state index in [0.717, 1.165) is 12.8 Å². The van der Waals surface area contributed by atoms with Crippen molar-refractivity contribution in [3.05, 3.63) is 6.42 Å². The fraction of sp³-hybridized carbons (Fsp3) is 0.714. The molecule has 0 rings (SSSR count). The molecule has 0 fully saturated rings. The van der Waals surface area contributed by atoms with Crippen LogP contribution in [-0.4, -0.2) is 29.6 Å². The number of rotatable bonds is 3. The van der Waals surface area contributed by atoms with Crippen LogP contribution in [0.3, 0.4) is 0 Å². The summed E-state index contributed by atoms with van der Waals surface area (Å²) in [5.41, 5.74) is 0. The van der Waals surface area contributed by atoms with Crippen molar-refractivity contribution in [2.45, 2.75) is 32.6 Å². The Bertz CT molecular complexity index is 61.3. The molecule has 0 heterocycles. The van der Waals surface area contributed by atoms with Gasteiger partial charge in [-0.25, -0.2) is 0 Å². The van der Waals surface area contributed by atoms with Crippen LogP contribution >= 0.6 is 0 Å². The van der Waals surface area contributed by atoms with E-state index in [4.69, 9.17) is 6.42 Å². The third-order valence-electron chi connectivity index (χ3n) is 0.905. The normalized spacial score (nSPS) is 7.00. The molecule has 0 nitrogen and oxygen atoms in total. The fourth-order valence-electron chi connectivity index (χ4n) is 0.463. The third-order valence-corrected chi connectivity index (χ3v) is 0.905. The summed E-state index contributed by atoms with van der Waals surface area (Å²) in [5, 5.41) is 0. The van der Waals surface area contributed by atoms with E-state index in [1.807, 2.05) is 0 Å². The van der Waals surface area contributed by atoms with Crippen LogP contribution in [0.2, 0.25) is 0 Å². The Labute approximate surface area is 74.3 Å². The van der Waals surface area contributed by atoms with Gasteiger partial charge in [-0.2, -0.15) is 0 Å². The summed E-state index contributed by atoms with van der Waals surface area (Å²) in [5.74, 6) is 2.35. The molecule has 0 aromatic rings. The van der Waals surface area contributed by atoms with Crippen molar-refractivity contribution < 1.29 is 0 Å². The summed E-state index contributed by atoms with van der Waals surface area (Å²) >= 11 is 0. The van der Waals surface area contributed by atoms with E-state index < -0.39 is 0 Å². The number of unbranched alkanes of at least 4 members (excludes halogenated alkanes) is 3. The molecule has 0 aromatic carbocycles. The Morgan fingerprint density at radius 1 is 1.38 bits per heavy atom. The van der Waals surface area contributed by atoms with Gasteiger partial charge in [0.2, 0.25) is 0 Å². The Hall–Kier alpha value is 0.560. The standard InChI is InChI=1S/C7H11.Na.H/c1-3-5-7-6-4-2;;/h3,5-7H2,1H3;;. The van der Waals surface area contributed by atoms with Crippen molar-refractivity contribution in [1.29, 1.82) is 0 Å². The molecule has 0 aliphatic heterocycles. The molecule has 1 radical (unpaired) electrons. The van der Waals surface area contributed by atoms with Crippen LogP contribution in [-0.2, 0) is 0 Å². The minimum atomic E-state index is 0. The molecular weight excluding hydrogens is 107 g/mol. The molecule has 0 amide bonds. The van der Waals surface area contributed by atoms with Gasteiger partial charge in [0.25, 0.3) is 0 Å². The summed E-state index contributed by atoms with van der Waals surface area (Å²) in [6.07, 6.45) is 11.0. The molecule has 0 atom stereocenters. The summed E-state index contributed by atoms with van der Waals surface area (Å²) < 4.78 is 0. The maximum atomic E-state index is 6.53. The van der Waals surface area contributed by atoms with Crippen molar-refractivity contribution in [3.63, 3.8) is 0 Å². The SMILES string of the molecule is [C]#CCCCCC.[NaH]. The van der Waals surface area contributed by atoms with Gasteiger partial charge < -0.3 is 0 Å². The zero-order chi connectivity index (χ0) is 5.54. The van der Waals surface area contributed by atoms with Gasteiger partial charge in [-0.3, -0.25) is 0 Å². The van der Waals surface area contributed by atoms with E-state index in [9.17, 15) is 0 Å². The molecule has 0 saturated heterocycles. The molecule has 0 aromatic heterocycles. The van der Waals surface area contributed by atoms with E-state index >= 15 is 0 Å². The second-order valence-electron chi connectivity index (χ2n) is 1.63. The van der Waals surface area contributed by atoms with Crippen LogP contribution in [0.4, 0.5) is 0 Å². The first kappa shape index (κ1) is 11.4. The van der Waals surface area contributed by atoms with Gasteiger partial charge in [0.1, 0.15) is 0 Å². The van der Waals surface area contributed by atoms with E-state index in [1.54, 1.807) is 0 Å². The van der Waals surface area contributed by atoms with Crippen LogP contribution < -0.4 is 0 Å². The van der Waals surface area contributed by atoms with E-state index in [1.165, 1.54) is 12.8 Å². The van der Waals surface area contributed by atoms with Gasteiger partial charge >= 0.3 is 29.6 Å². The van der Waals surface area contributed by atoms with Crippen LogP contribution in [0.5, 0.6) is 0 Å². The first-order valence-electron chi connectivity index (χ1n) is 2.81. The van der Waals surface area contributed by atoms with E-state index in [2.05, 4.69) is 12.8 Å². The molecule has 0 saturated carbocycles. The van der Waals surface area contributed by atoms with Crippen LogP contribution in [0.25, 0.3) is 0 Å². The Morgan fingerprint density at radius 2 is 2.00 bits per heavy atom. The molecule has 41 valence electrons. The average molecular weight is 119 g/mol. The average Bonchev–Trinajstić information content (AvgIpc) is 1.69. The molecule has 0 N–H and O–H groups in total. The van der Waals surface area contributed by atoms with Crippen molar-refractivity contribution in [2.75, 3.05) is 0 Å². The van der Waals surface area contributed by atoms with Gasteiger partial charge in [-0.05, 0) is 12.8 Å². The summed E-state index contributed by atoms with van der Waals surface area (Å²) in [7, 11) is 0. The first-order valence-corrected chi connectivity index (χ1v) is 2.81. The monoisotopic (exact) mass is 119 g/mol. The molecule has 0 spiro atoms. The molecule has 0 aliphatic carbocycles. The van der Waals surface area contributed by atoms with Gasteiger partial charge in [-0.15, -0.1) is 0 Å². The Balaban J connectivity index is 0. The number of hydrogen-bond acceptors (Lipinski definition) is 0. The predicted octanol–water partition coefficient (Wildman–Crippen LogP) is 1.51. The zero-order valence-corrected chi connectivity index (χ0v) is 4.83. The van der Waals surface area contributed by atoms with Crippen LogP contribution in [0, 0.1) is 12.3 Å². The fourth-order valence-corrected chi connectivity index (χ4v) is 0.463. The second kappa shape index (κ2) is 10.5. The van der Waals surface area contributed by atoms with Crippen molar-refractivity contribution in [2.24, 2.45) is 0 Å². The molecule has 1 heteroatoms. The third kappa shape index (κ3) is 9.75. The Morgan fingerprint density at radius 3 is 2.38 bits per heavy atom. The van der Waals surface area contributed by atoms with Gasteiger partial charge in [0.05, 0.1) is 0 Å². The van der Waals surface area contributed by atoms with Crippen LogP contribution in [0.15, 0.2) is 0 Å². The minimum absolute atomic E-state index is 0. The predicted molar refractivity (Wildman–Crippen MR) is 38.4 cm³/mol. The molecule has 8 heavy (non-hydrogen) atoms. The van der Waals surface area contributed by atoms with E-state index in [0.29, 0.717) is 0 Å². The van der Waals surface area contributed by atoms with Crippen molar-refractivity contribution >= 4 is 29.6 Å². The Kier molecular flexibility index (Phi) is 15.0. The van der Waals surface area contributed by atoms with Gasteiger partial charge in [0.15, 0.2) is 0 Å². The summed E-state index contributed by atoms with van der Waals surface area (Å²) in [6.45, 7) is 2.16. The summed E-state index contributed by atoms with van der Waals surface area (Å²) in [4.78, 5) is 0. The van der Waals surface area contributed by atoms with Crippen molar-refractivity contribution in [1.82, 2.24) is 0 Å². The molecule has 0 bridgehead atoms. The zero-order valence-electron chi connectivity index (χ0n) is 4.83. The molecule has 0 aliphatic rings. The topological polar surface area (TPSA) is 0 Å². The quantitative estimate of drug-likeness (QED) is 0.300. The second-order valence-corrected chi connectivity index (χ2v) is 1.63. The van der Waals surface area contributed by atoms with Crippen LogP contribution in [0.1, 0.15) is 32.6 Å². The number of hydrogen-bond donors (Lipinski definition) is 0. The summed E-state index contributed by atoms with van der Waals surface area (Å²) in [6, 6.07) is 0. The molecular formula is C7H12Na. The first-order chi connectivity index (χ1) is 3.41.